The monoisotopic (exact) mass is 717 g/mol. The minimum absolute atomic E-state index is 0.795. The zero-order chi connectivity index (χ0) is 36.7. The van der Waals surface area contributed by atoms with E-state index < -0.39 is 0 Å². The second kappa shape index (κ2) is 11.9. The Morgan fingerprint density at radius 2 is 0.857 bits per heavy atom. The number of aromatic nitrogens is 5. The Kier molecular flexibility index (Phi) is 6.53. The molecule has 0 saturated carbocycles. The van der Waals surface area contributed by atoms with Gasteiger partial charge in [-0.15, -0.1) is 10.2 Å². The summed E-state index contributed by atoms with van der Waals surface area (Å²) >= 11 is 0. The van der Waals surface area contributed by atoms with Gasteiger partial charge in [0.15, 0.2) is 11.6 Å². The van der Waals surface area contributed by atoms with Gasteiger partial charge in [0.05, 0.1) is 39.1 Å². The zero-order valence-electron chi connectivity index (χ0n) is 30.0. The Hall–Kier alpha value is -7.70. The summed E-state index contributed by atoms with van der Waals surface area (Å²) in [6.45, 7) is 0. The van der Waals surface area contributed by atoms with Crippen LogP contribution in [0, 0.1) is 0 Å². The first-order valence-electron chi connectivity index (χ1n) is 18.8. The Labute approximate surface area is 320 Å². The summed E-state index contributed by atoms with van der Waals surface area (Å²) in [5.41, 5.74) is 11.5. The normalized spacial score (nSPS) is 11.9. The second-order valence-electron chi connectivity index (χ2n) is 14.2. The average Bonchev–Trinajstić information content (AvgIpc) is 4.03. The number of rotatable bonds is 5. The van der Waals surface area contributed by atoms with E-state index in [0.717, 1.165) is 89.2 Å². The van der Waals surface area contributed by atoms with E-state index in [1.165, 1.54) is 16.2 Å². The molecule has 0 saturated heterocycles. The lowest BCUT2D eigenvalue weighted by atomic mass is 10.1. The SMILES string of the molecule is c1ccc(-c2nnc(-c3ccccc3)n2-c2ccc3c(c2)c2ccccc2n3-c2ccccc2-n2c3ccccc3c3c4c(ccc32)oc2ccccc24)cc1. The van der Waals surface area contributed by atoms with E-state index in [0.29, 0.717) is 0 Å². The predicted octanol–water partition coefficient (Wildman–Crippen LogP) is 12.7. The van der Waals surface area contributed by atoms with Crippen LogP contribution >= 0.6 is 0 Å². The molecule has 4 heterocycles. The van der Waals surface area contributed by atoms with Crippen LogP contribution in [-0.4, -0.2) is 23.9 Å². The van der Waals surface area contributed by atoms with Crippen molar-refractivity contribution in [3.63, 3.8) is 0 Å². The highest BCUT2D eigenvalue weighted by atomic mass is 16.3. The van der Waals surface area contributed by atoms with Crippen LogP contribution in [0.15, 0.2) is 192 Å². The van der Waals surface area contributed by atoms with Gasteiger partial charge < -0.3 is 13.6 Å². The van der Waals surface area contributed by atoms with Crippen molar-refractivity contribution in [1.82, 2.24) is 23.9 Å². The van der Waals surface area contributed by atoms with Gasteiger partial charge in [0, 0.05) is 43.4 Å². The second-order valence-corrected chi connectivity index (χ2v) is 14.2. The van der Waals surface area contributed by atoms with Crippen LogP contribution in [0.5, 0.6) is 0 Å². The lowest BCUT2D eigenvalue weighted by Crippen LogP contribution is -2.03. The maximum atomic E-state index is 6.38. The minimum Gasteiger partial charge on any atom is -0.456 e. The molecule has 12 aromatic rings. The maximum Gasteiger partial charge on any atom is 0.168 e. The van der Waals surface area contributed by atoms with E-state index in [9.17, 15) is 0 Å². The van der Waals surface area contributed by atoms with Crippen molar-refractivity contribution in [2.24, 2.45) is 0 Å². The molecule has 6 heteroatoms. The fourth-order valence-corrected chi connectivity index (χ4v) is 8.81. The van der Waals surface area contributed by atoms with Crippen LogP contribution in [0.4, 0.5) is 0 Å². The molecule has 0 aliphatic carbocycles. The quantitative estimate of drug-likeness (QED) is 0.178. The fraction of sp³-hybridized carbons (Fsp3) is 0. The van der Waals surface area contributed by atoms with Crippen LogP contribution in [0.1, 0.15) is 0 Å². The number of fused-ring (bicyclic) bond motifs is 10. The Balaban J connectivity index is 1.12. The van der Waals surface area contributed by atoms with E-state index in [-0.39, 0.29) is 0 Å². The van der Waals surface area contributed by atoms with Crippen molar-refractivity contribution in [2.45, 2.75) is 0 Å². The van der Waals surface area contributed by atoms with Gasteiger partial charge in [-0.3, -0.25) is 4.57 Å². The standard InChI is InChI=1S/C50H31N5O/c1-3-15-32(16-4-1)49-51-52-50(33-17-5-2-6-18-33)53(49)34-27-28-41-38(31-34)35-19-7-10-22-39(35)54(41)42-24-12-13-25-43(42)55-40-23-11-8-20-36(40)47-44(55)29-30-46-48(47)37-21-9-14-26-45(37)56-46/h1-31H. The Morgan fingerprint density at radius 3 is 1.55 bits per heavy atom. The molecular weight excluding hydrogens is 687 g/mol. The number of nitrogens with zero attached hydrogens (tertiary/aromatic N) is 5. The number of hydrogen-bond donors (Lipinski definition) is 0. The van der Waals surface area contributed by atoms with Crippen molar-refractivity contribution in [3.8, 4) is 39.8 Å². The molecule has 262 valence electrons. The number of benzene rings is 8. The molecule has 0 bridgehead atoms. The molecule has 6 nitrogen and oxygen atoms in total. The lowest BCUT2D eigenvalue weighted by Gasteiger charge is -2.17. The molecule has 8 aromatic carbocycles. The van der Waals surface area contributed by atoms with Crippen LogP contribution < -0.4 is 0 Å². The third kappa shape index (κ3) is 4.38. The van der Waals surface area contributed by atoms with Gasteiger partial charge in [0.25, 0.3) is 0 Å². The molecule has 0 aliphatic rings. The van der Waals surface area contributed by atoms with Crippen LogP contribution in [-0.2, 0) is 0 Å². The highest BCUT2D eigenvalue weighted by Gasteiger charge is 2.23. The summed E-state index contributed by atoms with van der Waals surface area (Å²) in [6, 6.07) is 66.2. The van der Waals surface area contributed by atoms with E-state index in [1.54, 1.807) is 0 Å². The van der Waals surface area contributed by atoms with Crippen molar-refractivity contribution in [3.05, 3.63) is 188 Å². The summed E-state index contributed by atoms with van der Waals surface area (Å²) in [5, 5.41) is 16.5. The average molecular weight is 718 g/mol. The van der Waals surface area contributed by atoms with Crippen molar-refractivity contribution in [2.75, 3.05) is 0 Å². The number of para-hydroxylation sites is 5. The van der Waals surface area contributed by atoms with Crippen molar-refractivity contribution < 1.29 is 4.42 Å². The van der Waals surface area contributed by atoms with E-state index in [2.05, 4.69) is 159 Å². The lowest BCUT2D eigenvalue weighted by molar-refractivity contribution is 0.669. The van der Waals surface area contributed by atoms with Gasteiger partial charge in [-0.1, -0.05) is 127 Å². The summed E-state index contributed by atoms with van der Waals surface area (Å²) < 4.78 is 13.4. The first-order chi connectivity index (χ1) is 27.8. The summed E-state index contributed by atoms with van der Waals surface area (Å²) in [7, 11) is 0. The predicted molar refractivity (Wildman–Crippen MR) is 228 cm³/mol. The molecular formula is C50H31N5O. The molecule has 0 fully saturated rings. The van der Waals surface area contributed by atoms with Gasteiger partial charge in [0.1, 0.15) is 11.2 Å². The first kappa shape index (κ1) is 30.7. The summed E-state index contributed by atoms with van der Waals surface area (Å²) in [4.78, 5) is 0. The van der Waals surface area contributed by atoms with E-state index in [4.69, 9.17) is 14.6 Å². The molecule has 0 amide bonds. The molecule has 4 aromatic heterocycles. The number of furan rings is 1. The highest BCUT2D eigenvalue weighted by Crippen LogP contribution is 2.43. The Morgan fingerprint density at radius 1 is 0.339 bits per heavy atom. The fourth-order valence-electron chi connectivity index (χ4n) is 8.81. The third-order valence-corrected chi connectivity index (χ3v) is 11.2. The highest BCUT2D eigenvalue weighted by molar-refractivity contribution is 6.27. The van der Waals surface area contributed by atoms with Crippen LogP contribution in [0.25, 0.3) is 105 Å². The van der Waals surface area contributed by atoms with Crippen molar-refractivity contribution in [1.29, 1.82) is 0 Å². The minimum atomic E-state index is 0.795. The molecule has 0 atom stereocenters. The number of hydrogen-bond acceptors (Lipinski definition) is 3. The molecule has 0 spiro atoms. The van der Waals surface area contributed by atoms with Crippen molar-refractivity contribution >= 4 is 65.6 Å². The van der Waals surface area contributed by atoms with Gasteiger partial charge >= 0.3 is 0 Å². The Bertz CT molecular complexity index is 3420. The maximum absolute atomic E-state index is 6.38. The third-order valence-electron chi connectivity index (χ3n) is 11.2. The van der Waals surface area contributed by atoms with Crippen LogP contribution in [0.2, 0.25) is 0 Å². The first-order valence-corrected chi connectivity index (χ1v) is 18.8. The molecule has 0 radical (unpaired) electrons. The van der Waals surface area contributed by atoms with Gasteiger partial charge in [-0.05, 0) is 60.7 Å². The topological polar surface area (TPSA) is 53.7 Å². The molecule has 56 heavy (non-hydrogen) atoms. The van der Waals surface area contributed by atoms with Gasteiger partial charge in [0.2, 0.25) is 0 Å². The smallest absolute Gasteiger partial charge is 0.168 e. The largest absolute Gasteiger partial charge is 0.456 e. The van der Waals surface area contributed by atoms with E-state index >= 15 is 0 Å². The van der Waals surface area contributed by atoms with E-state index in [1.807, 2.05) is 42.5 Å². The zero-order valence-corrected chi connectivity index (χ0v) is 30.0. The molecule has 0 unspecified atom stereocenters. The molecule has 0 aliphatic heterocycles. The molecule has 12 rings (SSSR count). The van der Waals surface area contributed by atoms with Gasteiger partial charge in [-0.25, -0.2) is 0 Å². The molecule has 0 N–H and O–H groups in total. The van der Waals surface area contributed by atoms with Crippen LogP contribution in [0.3, 0.4) is 0 Å². The van der Waals surface area contributed by atoms with Gasteiger partial charge in [-0.2, -0.15) is 0 Å². The summed E-state index contributed by atoms with van der Waals surface area (Å²) in [6.07, 6.45) is 0. The summed E-state index contributed by atoms with van der Waals surface area (Å²) in [5.74, 6) is 1.59.